The van der Waals surface area contributed by atoms with Crippen LogP contribution in [0.5, 0.6) is 0 Å². The molecule has 0 aliphatic heterocycles. The van der Waals surface area contributed by atoms with Crippen LogP contribution in [-0.2, 0) is 28.8 Å². The molecule has 0 heterocycles. The molecule has 39 nitrogen and oxygen atoms in total. The molecule has 0 aliphatic carbocycles. The van der Waals surface area contributed by atoms with Crippen LogP contribution >= 0.6 is 0 Å². The van der Waals surface area contributed by atoms with Gasteiger partial charge in [0.25, 0.3) is 0 Å². The standard InChI is InChI=1S/3C2H2O4.2Ce.27H2O/c3*3-1(4)2(5)6;;;;;;;;;;;;;;;;;;;;;;;;;;;;;/h3*(H,3,4)(H,5,6);;;27*1H2/q;;;2*+3;;;;;;;;;;;;;;;;;;;;;;;;;;;/p-6. The van der Waals surface area contributed by atoms with Gasteiger partial charge in [0, 0.05) is 0 Å². The predicted octanol–water partition coefficient (Wildman–Crippen LogP) is -32.8. The average Bonchev–Trinajstić information content (AvgIpc) is 2.18. The van der Waals surface area contributed by atoms with Crippen molar-refractivity contribution in [2.24, 2.45) is 0 Å². The summed E-state index contributed by atoms with van der Waals surface area (Å²) in [7, 11) is 0. The van der Waals surface area contributed by atoms with Crippen molar-refractivity contribution in [1.29, 1.82) is 0 Å². The third-order valence-corrected chi connectivity index (χ3v) is 0.500. The van der Waals surface area contributed by atoms with Crippen LogP contribution in [0.4, 0.5) is 0 Å². The van der Waals surface area contributed by atoms with Crippen molar-refractivity contribution >= 4 is 35.8 Å². The Bertz CT molecular complexity index is 293. The van der Waals surface area contributed by atoms with E-state index >= 15 is 0 Å². The summed E-state index contributed by atoms with van der Waals surface area (Å²) in [6.07, 6.45) is 0. The summed E-state index contributed by atoms with van der Waals surface area (Å²) in [6, 6.07) is 0. The molecule has 0 spiro atoms. The fourth-order valence-electron chi connectivity index (χ4n) is 0. The maximum Gasteiger partial charge on any atom is 3.00 e. The van der Waals surface area contributed by atoms with E-state index in [0.29, 0.717) is 0 Å². The van der Waals surface area contributed by atoms with Gasteiger partial charge in [0.15, 0.2) is 0 Å². The first-order chi connectivity index (χ1) is 7.93. The molecule has 0 unspecified atom stereocenters. The Morgan fingerprint density at radius 1 is 0.170 bits per heavy atom. The Balaban J connectivity index is -0.00000000183. The van der Waals surface area contributed by atoms with Gasteiger partial charge in [0.05, 0.1) is 35.8 Å². The minimum absolute atomic E-state index is 0. The van der Waals surface area contributed by atoms with Crippen LogP contribution in [0.25, 0.3) is 0 Å². The Hall–Kier alpha value is -1.51. The zero-order chi connectivity index (χ0) is 15.5. The molecular formula is C6H54Ce2O39. The van der Waals surface area contributed by atoms with Crippen LogP contribution in [0.2, 0.25) is 0 Å². The van der Waals surface area contributed by atoms with E-state index in [0.717, 1.165) is 0 Å². The molecule has 54 N–H and O–H groups in total. The summed E-state index contributed by atoms with van der Waals surface area (Å²) in [5.74, 6) is -13.1. The molecule has 0 saturated heterocycles. The fraction of sp³-hybridized carbons (Fsp3) is 0. The Labute approximate surface area is 324 Å². The van der Waals surface area contributed by atoms with Crippen LogP contribution in [-0.4, -0.2) is 184 Å². The van der Waals surface area contributed by atoms with Crippen LogP contribution in [0, 0.1) is 83.5 Å². The van der Waals surface area contributed by atoms with Crippen molar-refractivity contribution in [3.63, 3.8) is 0 Å². The van der Waals surface area contributed by atoms with E-state index < -0.39 is 35.8 Å². The van der Waals surface area contributed by atoms with E-state index in [4.69, 9.17) is 59.4 Å². The second-order valence-electron chi connectivity index (χ2n) is 1.72. The topological polar surface area (TPSA) is 1090 Å². The van der Waals surface area contributed by atoms with E-state index in [9.17, 15) is 0 Å². The van der Waals surface area contributed by atoms with Gasteiger partial charge in [0.2, 0.25) is 0 Å². The average molecular weight is 1030 g/mol. The van der Waals surface area contributed by atoms with E-state index in [1.54, 1.807) is 0 Å². The van der Waals surface area contributed by atoms with Gasteiger partial charge in [-0.05, 0) is 0 Å². The maximum absolute atomic E-state index is 8.93. The minimum atomic E-state index is -2.19. The molecule has 0 fully saturated rings. The van der Waals surface area contributed by atoms with E-state index in [1.807, 2.05) is 0 Å². The van der Waals surface area contributed by atoms with E-state index in [1.165, 1.54) is 0 Å². The second kappa shape index (κ2) is 309. The van der Waals surface area contributed by atoms with Gasteiger partial charge in [-0.15, -0.1) is 0 Å². The quantitative estimate of drug-likeness (QED) is 0.204. The molecule has 0 saturated carbocycles. The molecule has 41 heteroatoms. The smallest absolute Gasteiger partial charge is 0.543 e. The second-order valence-corrected chi connectivity index (χ2v) is 1.72. The van der Waals surface area contributed by atoms with Crippen molar-refractivity contribution < 1.29 is 291 Å². The molecule has 0 atom stereocenters. The number of aliphatic carboxylic acids is 6. The van der Waals surface area contributed by atoms with Gasteiger partial charge in [0.1, 0.15) is 0 Å². The molecule has 0 aromatic heterocycles. The molecule has 0 amide bonds. The number of hydrogen-bond acceptors (Lipinski definition) is 12. The molecule has 0 rings (SSSR count). The van der Waals surface area contributed by atoms with Crippen LogP contribution in [0.3, 0.4) is 0 Å². The normalized spacial score (nSPS) is 2.81. The van der Waals surface area contributed by atoms with Gasteiger partial charge >= 0.3 is 83.5 Å². The number of carboxylic acids is 6. The van der Waals surface area contributed by atoms with Gasteiger partial charge in [-0.3, -0.25) is 0 Å². The monoisotopic (exact) mass is 1030 g/mol. The maximum atomic E-state index is 8.93. The van der Waals surface area contributed by atoms with Crippen molar-refractivity contribution in [1.82, 2.24) is 0 Å². The van der Waals surface area contributed by atoms with Crippen molar-refractivity contribution in [2.45, 2.75) is 0 Å². The zero-order valence-electron chi connectivity index (χ0n) is 22.4. The largest absolute Gasteiger partial charge is 3.00 e. The van der Waals surface area contributed by atoms with Crippen molar-refractivity contribution in [2.75, 3.05) is 0 Å². The first-order valence-corrected chi connectivity index (χ1v) is 3.20. The Morgan fingerprint density at radius 2 is 0.191 bits per heavy atom. The first-order valence-electron chi connectivity index (χ1n) is 3.20. The van der Waals surface area contributed by atoms with Crippen LogP contribution in [0.15, 0.2) is 0 Å². The third kappa shape index (κ3) is 730. The molecule has 47 heavy (non-hydrogen) atoms. The molecule has 0 aromatic rings. The van der Waals surface area contributed by atoms with Gasteiger partial charge in [-0.2, -0.15) is 0 Å². The summed E-state index contributed by atoms with van der Waals surface area (Å²) in [4.78, 5) is 53.6. The summed E-state index contributed by atoms with van der Waals surface area (Å²) in [5, 5.41) is 53.6. The van der Waals surface area contributed by atoms with Gasteiger partial charge in [-0.25, -0.2) is 0 Å². The summed E-state index contributed by atoms with van der Waals surface area (Å²) in [5.41, 5.74) is 0. The van der Waals surface area contributed by atoms with Gasteiger partial charge in [-0.1, -0.05) is 0 Å². The molecule has 320 valence electrons. The molecule has 0 bridgehead atoms. The molecule has 0 aliphatic rings. The van der Waals surface area contributed by atoms with Crippen molar-refractivity contribution in [3.05, 3.63) is 0 Å². The first kappa shape index (κ1) is 495. The third-order valence-electron chi connectivity index (χ3n) is 0.500. The Morgan fingerprint density at radius 3 is 0.191 bits per heavy atom. The summed E-state index contributed by atoms with van der Waals surface area (Å²) in [6.45, 7) is 0. The summed E-state index contributed by atoms with van der Waals surface area (Å²) >= 11 is 0. The summed E-state index contributed by atoms with van der Waals surface area (Å²) < 4.78 is 0. The number of rotatable bonds is 0. The molecule has 2 radical (unpaired) electrons. The number of carbonyl (C=O) groups is 6. The zero-order valence-corrected chi connectivity index (χ0v) is 28.7. The fourth-order valence-corrected chi connectivity index (χ4v) is 0. The van der Waals surface area contributed by atoms with Crippen LogP contribution in [0.1, 0.15) is 0 Å². The SMILES string of the molecule is O.O.O.O.O.O.O.O.O.O.O.O.O.O.O.O.O.O.O.O.O.O.O.O.O.O.O.O=C([O-])C(=O)[O-].O=C([O-])C(=O)[O-].O=C([O-])C(=O)[O-].[Ce+3].[Ce+3]. The van der Waals surface area contributed by atoms with Gasteiger partial charge < -0.3 is 207 Å². The van der Waals surface area contributed by atoms with Crippen molar-refractivity contribution in [3.8, 4) is 0 Å². The van der Waals surface area contributed by atoms with E-state index in [-0.39, 0.29) is 231 Å². The number of hydrogen-bond donors (Lipinski definition) is 0. The predicted molar refractivity (Wildman–Crippen MR) is 128 cm³/mol. The molecular weight excluding hydrogens is 976 g/mol. The van der Waals surface area contributed by atoms with E-state index in [2.05, 4.69) is 0 Å². The number of carboxylic acid groups (broad SMARTS) is 6. The van der Waals surface area contributed by atoms with Crippen LogP contribution < -0.4 is 30.6 Å². The Kier molecular flexibility index (Phi) is 3260. The molecule has 0 aromatic carbocycles. The minimum Gasteiger partial charge on any atom is -0.543 e. The number of carbonyl (C=O) groups excluding carboxylic acids is 6.